The predicted octanol–water partition coefficient (Wildman–Crippen LogP) is -0.846. The van der Waals surface area contributed by atoms with Crippen molar-refractivity contribution in [1.82, 2.24) is 5.32 Å². The van der Waals surface area contributed by atoms with Gasteiger partial charge in [0.1, 0.15) is 0 Å². The number of hydrogen-bond acceptors (Lipinski definition) is 5. The Labute approximate surface area is 95.1 Å². The Hall–Kier alpha value is -1.14. The summed E-state index contributed by atoms with van der Waals surface area (Å²) in [6.45, 7) is 3.68. The molecule has 2 unspecified atom stereocenters. The number of rotatable bonds is 7. The van der Waals surface area contributed by atoms with Gasteiger partial charge in [-0.15, -0.1) is 0 Å². The molecular weight excluding hydrogens is 212 g/mol. The Balaban J connectivity index is 4.17. The second-order valence-corrected chi connectivity index (χ2v) is 3.36. The van der Waals surface area contributed by atoms with Crippen molar-refractivity contribution in [2.45, 2.75) is 38.8 Å². The monoisotopic (exact) mass is 232 g/mol. The minimum atomic E-state index is -1.30. The largest absolute Gasteiger partial charge is 0.464 e. The van der Waals surface area contributed by atoms with Crippen molar-refractivity contribution < 1.29 is 19.4 Å². The molecule has 0 aliphatic rings. The molecule has 1 amide bonds. The van der Waals surface area contributed by atoms with Crippen LogP contribution in [-0.4, -0.2) is 42.3 Å². The second-order valence-electron chi connectivity index (χ2n) is 3.36. The van der Waals surface area contributed by atoms with E-state index in [0.717, 1.165) is 0 Å². The van der Waals surface area contributed by atoms with Crippen molar-refractivity contribution in [1.29, 1.82) is 0 Å². The van der Waals surface area contributed by atoms with Gasteiger partial charge < -0.3 is 20.9 Å². The van der Waals surface area contributed by atoms with Gasteiger partial charge in [-0.25, -0.2) is 4.79 Å². The summed E-state index contributed by atoms with van der Waals surface area (Å²) in [6.07, 6.45) is 1.11. The fourth-order valence-corrected chi connectivity index (χ4v) is 1.16. The third-order valence-corrected chi connectivity index (χ3v) is 2.14. The molecule has 0 aliphatic carbocycles. The van der Waals surface area contributed by atoms with Crippen LogP contribution in [0.1, 0.15) is 26.7 Å². The zero-order valence-electron chi connectivity index (χ0n) is 9.73. The molecule has 0 heterocycles. The summed E-state index contributed by atoms with van der Waals surface area (Å²) in [6, 6.07) is -1.47. The number of aliphatic hydroxyl groups is 1. The topological polar surface area (TPSA) is 102 Å². The Morgan fingerprint density at radius 1 is 1.44 bits per heavy atom. The number of ether oxygens (including phenoxy) is 1. The highest BCUT2D eigenvalue weighted by Crippen LogP contribution is 1.97. The molecule has 0 saturated heterocycles. The summed E-state index contributed by atoms with van der Waals surface area (Å²) in [7, 11) is 0. The summed E-state index contributed by atoms with van der Waals surface area (Å²) in [4.78, 5) is 22.6. The van der Waals surface area contributed by atoms with E-state index in [1.54, 1.807) is 6.92 Å². The van der Waals surface area contributed by atoms with Crippen molar-refractivity contribution in [3.63, 3.8) is 0 Å². The van der Waals surface area contributed by atoms with Gasteiger partial charge in [0.15, 0.2) is 6.04 Å². The minimum absolute atomic E-state index is 0.0204. The highest BCUT2D eigenvalue weighted by atomic mass is 16.5. The van der Waals surface area contributed by atoms with Gasteiger partial charge in [-0.3, -0.25) is 4.79 Å². The zero-order valence-corrected chi connectivity index (χ0v) is 9.73. The van der Waals surface area contributed by atoms with E-state index in [9.17, 15) is 9.59 Å². The first-order valence-electron chi connectivity index (χ1n) is 5.40. The smallest absolute Gasteiger partial charge is 0.332 e. The number of amides is 1. The fraction of sp³-hybridized carbons (Fsp3) is 0.800. The molecule has 0 aromatic carbocycles. The van der Waals surface area contributed by atoms with E-state index in [0.29, 0.717) is 12.8 Å². The van der Waals surface area contributed by atoms with E-state index in [-0.39, 0.29) is 19.3 Å². The SMILES string of the molecule is CCOC(=O)C(N)C(=O)NC(CC)CCO. The quantitative estimate of drug-likeness (QED) is 0.392. The van der Waals surface area contributed by atoms with Crippen molar-refractivity contribution in [2.75, 3.05) is 13.2 Å². The van der Waals surface area contributed by atoms with E-state index in [1.165, 1.54) is 0 Å². The minimum Gasteiger partial charge on any atom is -0.464 e. The van der Waals surface area contributed by atoms with E-state index in [1.807, 2.05) is 6.92 Å². The maximum absolute atomic E-state index is 11.5. The lowest BCUT2D eigenvalue weighted by molar-refractivity contribution is -0.148. The first-order valence-corrected chi connectivity index (χ1v) is 5.40. The Kier molecular flexibility index (Phi) is 7.49. The number of aliphatic hydroxyl groups excluding tert-OH is 1. The summed E-state index contributed by atoms with van der Waals surface area (Å²) in [5, 5.41) is 11.3. The molecule has 0 radical (unpaired) electrons. The Morgan fingerprint density at radius 2 is 2.06 bits per heavy atom. The van der Waals surface area contributed by atoms with Crippen LogP contribution in [-0.2, 0) is 14.3 Å². The number of carbonyl (C=O) groups excluding carboxylic acids is 2. The molecule has 0 saturated carbocycles. The molecule has 0 bridgehead atoms. The van der Waals surface area contributed by atoms with Crippen LogP contribution < -0.4 is 11.1 Å². The molecule has 0 aliphatic heterocycles. The van der Waals surface area contributed by atoms with Gasteiger partial charge in [0, 0.05) is 12.6 Å². The first kappa shape index (κ1) is 14.9. The van der Waals surface area contributed by atoms with Crippen LogP contribution >= 0.6 is 0 Å². The van der Waals surface area contributed by atoms with Gasteiger partial charge in [0.25, 0.3) is 0 Å². The second kappa shape index (κ2) is 8.06. The van der Waals surface area contributed by atoms with Crippen molar-refractivity contribution >= 4 is 11.9 Å². The summed E-state index contributed by atoms with van der Waals surface area (Å²) < 4.78 is 4.63. The van der Waals surface area contributed by atoms with Crippen LogP contribution in [0.5, 0.6) is 0 Å². The average Bonchev–Trinajstić information content (AvgIpc) is 2.27. The van der Waals surface area contributed by atoms with E-state index in [2.05, 4.69) is 10.1 Å². The zero-order chi connectivity index (χ0) is 12.6. The van der Waals surface area contributed by atoms with Gasteiger partial charge in [-0.2, -0.15) is 0 Å². The molecule has 6 nitrogen and oxygen atoms in total. The summed E-state index contributed by atoms with van der Waals surface area (Å²) in [5.41, 5.74) is 5.40. The molecule has 2 atom stereocenters. The van der Waals surface area contributed by atoms with Crippen LogP contribution in [0.2, 0.25) is 0 Å². The molecular formula is C10H20N2O4. The normalized spacial score (nSPS) is 14.0. The van der Waals surface area contributed by atoms with E-state index in [4.69, 9.17) is 10.8 Å². The van der Waals surface area contributed by atoms with Crippen LogP contribution in [0, 0.1) is 0 Å². The molecule has 0 spiro atoms. The molecule has 94 valence electrons. The number of carbonyl (C=O) groups is 2. The predicted molar refractivity (Wildman–Crippen MR) is 58.5 cm³/mol. The third-order valence-electron chi connectivity index (χ3n) is 2.14. The van der Waals surface area contributed by atoms with Crippen molar-refractivity contribution in [3.8, 4) is 0 Å². The van der Waals surface area contributed by atoms with E-state index < -0.39 is 17.9 Å². The van der Waals surface area contributed by atoms with Gasteiger partial charge in [-0.05, 0) is 19.8 Å². The molecule has 4 N–H and O–H groups in total. The molecule has 0 aromatic rings. The lowest BCUT2D eigenvalue weighted by atomic mass is 10.1. The number of esters is 1. The highest BCUT2D eigenvalue weighted by Gasteiger charge is 2.24. The fourth-order valence-electron chi connectivity index (χ4n) is 1.16. The van der Waals surface area contributed by atoms with Gasteiger partial charge in [0.2, 0.25) is 5.91 Å². The Morgan fingerprint density at radius 3 is 2.50 bits per heavy atom. The lowest BCUT2D eigenvalue weighted by Crippen LogP contribution is -2.50. The molecule has 0 fully saturated rings. The van der Waals surface area contributed by atoms with Crippen LogP contribution in [0.15, 0.2) is 0 Å². The maximum atomic E-state index is 11.5. The number of hydrogen-bond donors (Lipinski definition) is 3. The number of nitrogens with two attached hydrogens (primary N) is 1. The van der Waals surface area contributed by atoms with Gasteiger partial charge in [0.05, 0.1) is 6.61 Å². The standard InChI is InChI=1S/C10H20N2O4/c1-3-7(5-6-13)12-9(14)8(11)10(15)16-4-2/h7-8,13H,3-6,11H2,1-2H3,(H,12,14). The Bertz CT molecular complexity index is 233. The average molecular weight is 232 g/mol. The highest BCUT2D eigenvalue weighted by molar-refractivity contribution is 6.01. The van der Waals surface area contributed by atoms with E-state index >= 15 is 0 Å². The maximum Gasteiger partial charge on any atom is 0.332 e. The van der Waals surface area contributed by atoms with Crippen LogP contribution in [0.25, 0.3) is 0 Å². The third kappa shape index (κ3) is 5.09. The van der Waals surface area contributed by atoms with Gasteiger partial charge in [-0.1, -0.05) is 6.92 Å². The van der Waals surface area contributed by atoms with Crippen LogP contribution in [0.3, 0.4) is 0 Å². The lowest BCUT2D eigenvalue weighted by Gasteiger charge is -2.18. The van der Waals surface area contributed by atoms with Gasteiger partial charge >= 0.3 is 5.97 Å². The van der Waals surface area contributed by atoms with Crippen LogP contribution in [0.4, 0.5) is 0 Å². The molecule has 0 aromatic heterocycles. The number of nitrogens with one attached hydrogen (secondary N) is 1. The molecule has 6 heteroatoms. The van der Waals surface area contributed by atoms with Crippen molar-refractivity contribution in [3.05, 3.63) is 0 Å². The first-order chi connectivity index (χ1) is 7.56. The molecule has 16 heavy (non-hydrogen) atoms. The van der Waals surface area contributed by atoms with Crippen molar-refractivity contribution in [2.24, 2.45) is 5.73 Å². The summed E-state index contributed by atoms with van der Waals surface area (Å²) >= 11 is 0. The summed E-state index contributed by atoms with van der Waals surface area (Å²) in [5.74, 6) is -1.31. The molecule has 0 rings (SSSR count).